The molecule has 0 aliphatic heterocycles. The molecule has 3 rings (SSSR count). The maximum absolute atomic E-state index is 12.5. The molecule has 6 nitrogen and oxygen atoms in total. The van der Waals surface area contributed by atoms with Crippen LogP contribution in [0, 0.1) is 0 Å². The fraction of sp³-hybridized carbons (Fsp3) is 0.0455. The summed E-state index contributed by atoms with van der Waals surface area (Å²) >= 11 is 6.21. The minimum Gasteiger partial charge on any atom is -0.490 e. The molecule has 0 heterocycles. The Kier molecular flexibility index (Phi) is 6.76. The summed E-state index contributed by atoms with van der Waals surface area (Å²) in [5.41, 5.74) is 1.05. The molecule has 0 saturated heterocycles. The highest BCUT2D eigenvalue weighted by Crippen LogP contribution is 2.26. The minimum atomic E-state index is -3.78. The van der Waals surface area contributed by atoms with Gasteiger partial charge in [0.2, 0.25) is 0 Å². The summed E-state index contributed by atoms with van der Waals surface area (Å²) in [5, 5.41) is 2.86. The van der Waals surface area contributed by atoms with Gasteiger partial charge in [-0.1, -0.05) is 42.5 Å². The number of sulfonamides is 1. The van der Waals surface area contributed by atoms with E-state index in [1.807, 2.05) is 0 Å². The van der Waals surface area contributed by atoms with E-state index in [2.05, 4.69) is 16.6 Å². The van der Waals surface area contributed by atoms with Gasteiger partial charge in [0, 0.05) is 11.3 Å². The van der Waals surface area contributed by atoms with Gasteiger partial charge in [0.15, 0.2) is 0 Å². The van der Waals surface area contributed by atoms with Crippen molar-refractivity contribution in [1.29, 1.82) is 0 Å². The number of benzene rings is 3. The molecule has 0 saturated carbocycles. The van der Waals surface area contributed by atoms with E-state index in [0.29, 0.717) is 18.0 Å². The van der Waals surface area contributed by atoms with Gasteiger partial charge in [0.1, 0.15) is 12.4 Å². The third kappa shape index (κ3) is 5.40. The van der Waals surface area contributed by atoms with Crippen LogP contribution >= 0.6 is 11.6 Å². The highest BCUT2D eigenvalue weighted by molar-refractivity contribution is 7.92. The summed E-state index contributed by atoms with van der Waals surface area (Å²) in [6, 6.07) is 19.2. The van der Waals surface area contributed by atoms with Crippen molar-refractivity contribution >= 4 is 38.9 Å². The number of rotatable bonds is 8. The number of amides is 1. The quantitative estimate of drug-likeness (QED) is 0.483. The molecule has 0 radical (unpaired) electrons. The zero-order chi connectivity index (χ0) is 21.6. The number of carbonyl (C=O) groups excluding carboxylic acids is 1. The molecule has 0 aromatic heterocycles. The van der Waals surface area contributed by atoms with Crippen LogP contribution in [0.1, 0.15) is 10.4 Å². The molecule has 30 heavy (non-hydrogen) atoms. The molecule has 0 bridgehead atoms. The first-order chi connectivity index (χ1) is 14.4. The Labute approximate surface area is 180 Å². The fourth-order valence-corrected chi connectivity index (χ4v) is 3.92. The van der Waals surface area contributed by atoms with Gasteiger partial charge >= 0.3 is 0 Å². The molecule has 0 aliphatic carbocycles. The summed E-state index contributed by atoms with van der Waals surface area (Å²) < 4.78 is 32.7. The second-order valence-electron chi connectivity index (χ2n) is 6.19. The van der Waals surface area contributed by atoms with Gasteiger partial charge in [-0.05, 0) is 54.6 Å². The molecule has 0 aliphatic rings. The molecule has 154 valence electrons. The Morgan fingerprint density at radius 3 is 2.37 bits per heavy atom. The molecule has 0 fully saturated rings. The van der Waals surface area contributed by atoms with E-state index in [1.165, 1.54) is 30.3 Å². The Hall–Kier alpha value is -3.29. The highest BCUT2D eigenvalue weighted by Gasteiger charge is 2.16. The van der Waals surface area contributed by atoms with Crippen molar-refractivity contribution in [2.45, 2.75) is 4.90 Å². The molecule has 0 spiro atoms. The smallest absolute Gasteiger partial charge is 0.261 e. The second kappa shape index (κ2) is 9.47. The van der Waals surface area contributed by atoms with Crippen LogP contribution in [0.5, 0.6) is 5.75 Å². The van der Waals surface area contributed by atoms with Crippen LogP contribution < -0.4 is 14.8 Å². The van der Waals surface area contributed by atoms with E-state index < -0.39 is 10.0 Å². The van der Waals surface area contributed by atoms with E-state index in [0.717, 1.165) is 0 Å². The number of carbonyl (C=O) groups is 1. The van der Waals surface area contributed by atoms with Crippen LogP contribution in [0.15, 0.2) is 90.3 Å². The zero-order valence-corrected chi connectivity index (χ0v) is 17.4. The van der Waals surface area contributed by atoms with Crippen molar-refractivity contribution in [3.05, 3.63) is 96.0 Å². The number of hydrogen-bond donors (Lipinski definition) is 2. The third-order valence-electron chi connectivity index (χ3n) is 4.01. The van der Waals surface area contributed by atoms with Gasteiger partial charge in [-0.25, -0.2) is 8.42 Å². The monoisotopic (exact) mass is 442 g/mol. The number of ether oxygens (including phenoxy) is 1. The maximum Gasteiger partial charge on any atom is 0.261 e. The molecule has 0 unspecified atom stereocenters. The average Bonchev–Trinajstić information content (AvgIpc) is 2.75. The highest BCUT2D eigenvalue weighted by atomic mass is 35.5. The lowest BCUT2D eigenvalue weighted by molar-refractivity contribution is 0.102. The van der Waals surface area contributed by atoms with Crippen LogP contribution in [0.25, 0.3) is 0 Å². The van der Waals surface area contributed by atoms with Crippen LogP contribution in [-0.2, 0) is 10.0 Å². The topological polar surface area (TPSA) is 84.5 Å². The first kappa shape index (κ1) is 21.4. The summed E-state index contributed by atoms with van der Waals surface area (Å²) in [7, 11) is -3.78. The van der Waals surface area contributed by atoms with E-state index in [-0.39, 0.29) is 27.1 Å². The number of nitrogens with one attached hydrogen (secondary N) is 2. The van der Waals surface area contributed by atoms with Crippen molar-refractivity contribution in [2.75, 3.05) is 16.6 Å². The zero-order valence-electron chi connectivity index (χ0n) is 15.8. The van der Waals surface area contributed by atoms with Crippen molar-refractivity contribution in [3.8, 4) is 5.75 Å². The summed E-state index contributed by atoms with van der Waals surface area (Å²) in [4.78, 5) is 12.6. The van der Waals surface area contributed by atoms with Crippen molar-refractivity contribution in [1.82, 2.24) is 0 Å². The van der Waals surface area contributed by atoms with Crippen LogP contribution in [-0.4, -0.2) is 20.9 Å². The Bertz CT molecular complexity index is 1150. The van der Waals surface area contributed by atoms with Gasteiger partial charge in [0.25, 0.3) is 15.9 Å². The standard InChI is InChI=1S/C22H19ClN2O4S/c1-2-14-29-18-11-9-17(10-12-18)24-22(26)16-8-13-21(20(23)15-16)25-30(27,28)19-6-4-3-5-7-19/h2-13,15,25H,1,14H2,(H,24,26). The average molecular weight is 443 g/mol. The predicted molar refractivity (Wildman–Crippen MR) is 119 cm³/mol. The number of hydrogen-bond acceptors (Lipinski definition) is 4. The molecular formula is C22H19ClN2O4S. The molecule has 2 N–H and O–H groups in total. The molecule has 3 aromatic carbocycles. The van der Waals surface area contributed by atoms with Gasteiger partial charge < -0.3 is 10.1 Å². The maximum atomic E-state index is 12.5. The predicted octanol–water partition coefficient (Wildman–Crippen LogP) is 4.96. The molecule has 3 aromatic rings. The lowest BCUT2D eigenvalue weighted by Crippen LogP contribution is -2.14. The van der Waals surface area contributed by atoms with Gasteiger partial charge in [-0.3, -0.25) is 9.52 Å². The largest absolute Gasteiger partial charge is 0.490 e. The van der Waals surface area contributed by atoms with Gasteiger partial charge in [0.05, 0.1) is 15.6 Å². The Balaban J connectivity index is 1.70. The molecule has 8 heteroatoms. The molecular weight excluding hydrogens is 424 g/mol. The second-order valence-corrected chi connectivity index (χ2v) is 8.28. The van der Waals surface area contributed by atoms with E-state index in [1.54, 1.807) is 48.5 Å². The summed E-state index contributed by atoms with van der Waals surface area (Å²) in [5.74, 6) is 0.278. The van der Waals surface area contributed by atoms with Crippen LogP contribution in [0.2, 0.25) is 5.02 Å². The van der Waals surface area contributed by atoms with E-state index in [9.17, 15) is 13.2 Å². The minimum absolute atomic E-state index is 0.107. The van der Waals surface area contributed by atoms with Crippen molar-refractivity contribution < 1.29 is 17.9 Å². The Morgan fingerprint density at radius 2 is 1.73 bits per heavy atom. The van der Waals surface area contributed by atoms with E-state index >= 15 is 0 Å². The first-order valence-corrected chi connectivity index (χ1v) is 10.8. The summed E-state index contributed by atoms with van der Waals surface area (Å²) in [6.45, 7) is 3.98. The first-order valence-electron chi connectivity index (χ1n) is 8.91. The molecule has 0 atom stereocenters. The van der Waals surface area contributed by atoms with Crippen LogP contribution in [0.4, 0.5) is 11.4 Å². The Morgan fingerprint density at radius 1 is 1.03 bits per heavy atom. The fourth-order valence-electron chi connectivity index (χ4n) is 2.54. The van der Waals surface area contributed by atoms with E-state index in [4.69, 9.17) is 16.3 Å². The SMILES string of the molecule is C=CCOc1ccc(NC(=O)c2ccc(NS(=O)(=O)c3ccccc3)c(Cl)c2)cc1. The molecule has 1 amide bonds. The van der Waals surface area contributed by atoms with Crippen molar-refractivity contribution in [2.24, 2.45) is 0 Å². The van der Waals surface area contributed by atoms with Crippen LogP contribution in [0.3, 0.4) is 0 Å². The number of anilines is 2. The lowest BCUT2D eigenvalue weighted by atomic mass is 10.2. The summed E-state index contributed by atoms with van der Waals surface area (Å²) in [6.07, 6.45) is 1.64. The van der Waals surface area contributed by atoms with Gasteiger partial charge in [-0.15, -0.1) is 0 Å². The lowest BCUT2D eigenvalue weighted by Gasteiger charge is -2.11. The van der Waals surface area contributed by atoms with Gasteiger partial charge in [-0.2, -0.15) is 0 Å². The third-order valence-corrected chi connectivity index (χ3v) is 5.70. The van der Waals surface area contributed by atoms with Crippen molar-refractivity contribution in [3.63, 3.8) is 0 Å². The number of halogens is 1. The normalized spacial score (nSPS) is 10.8.